The van der Waals surface area contributed by atoms with Crippen LogP contribution in [0.3, 0.4) is 0 Å². The number of benzene rings is 2. The number of nitrogens with one attached hydrogen (secondary N) is 1. The third-order valence-corrected chi connectivity index (χ3v) is 6.12. The van der Waals surface area contributed by atoms with E-state index in [1.807, 2.05) is 30.3 Å². The third-order valence-electron chi connectivity index (χ3n) is 6.12. The van der Waals surface area contributed by atoms with Gasteiger partial charge < -0.3 is 21.7 Å². The Labute approximate surface area is 175 Å². The van der Waals surface area contributed by atoms with Crippen molar-refractivity contribution in [2.45, 2.75) is 44.7 Å². The molecule has 0 spiro atoms. The molecule has 1 atom stereocenters. The zero-order chi connectivity index (χ0) is 21.3. The zero-order valence-corrected chi connectivity index (χ0v) is 16.8. The van der Waals surface area contributed by atoms with E-state index in [-0.39, 0.29) is 11.9 Å². The molecular weight excluding hydrogens is 380 g/mol. The normalized spacial score (nSPS) is 18.3. The van der Waals surface area contributed by atoms with E-state index in [4.69, 9.17) is 11.5 Å². The molecule has 1 unspecified atom stereocenters. The molecule has 1 saturated carbocycles. The van der Waals surface area contributed by atoms with Gasteiger partial charge in [0, 0.05) is 24.2 Å². The highest BCUT2D eigenvalue weighted by atomic mass is 16.2. The second-order valence-corrected chi connectivity index (χ2v) is 8.17. The number of urea groups is 1. The van der Waals surface area contributed by atoms with Crippen molar-refractivity contribution in [2.24, 2.45) is 17.4 Å². The van der Waals surface area contributed by atoms with Crippen LogP contribution in [0.1, 0.15) is 65.2 Å². The lowest BCUT2D eigenvalue weighted by Crippen LogP contribution is -2.34. The van der Waals surface area contributed by atoms with E-state index < -0.39 is 11.9 Å². The Morgan fingerprint density at radius 2 is 1.70 bits per heavy atom. The maximum absolute atomic E-state index is 12.3. The number of carbonyl (C=O) groups is 3. The highest BCUT2D eigenvalue weighted by Gasteiger charge is 2.34. The van der Waals surface area contributed by atoms with Gasteiger partial charge in [0.25, 0.3) is 0 Å². The molecule has 30 heavy (non-hydrogen) atoms. The second kappa shape index (κ2) is 8.18. The average Bonchev–Trinajstić information content (AvgIpc) is 3.35. The Morgan fingerprint density at radius 3 is 2.33 bits per heavy atom. The van der Waals surface area contributed by atoms with E-state index in [2.05, 4.69) is 5.32 Å². The summed E-state index contributed by atoms with van der Waals surface area (Å²) in [5, 5.41) is 2.96. The first-order chi connectivity index (χ1) is 14.4. The van der Waals surface area contributed by atoms with Gasteiger partial charge in [-0.3, -0.25) is 9.59 Å². The number of hydrogen-bond donors (Lipinski definition) is 3. The SMILES string of the molecule is NC(=O)c1ccc2c(c1)CN(C(N)=O)C2c1ccc(NC(=O)CC2CCCC2)cc1. The maximum Gasteiger partial charge on any atom is 0.315 e. The molecule has 2 aromatic carbocycles. The van der Waals surface area contributed by atoms with Gasteiger partial charge in [0.05, 0.1) is 6.04 Å². The van der Waals surface area contributed by atoms with E-state index >= 15 is 0 Å². The summed E-state index contributed by atoms with van der Waals surface area (Å²) in [6.07, 6.45) is 5.26. The number of anilines is 1. The zero-order valence-electron chi connectivity index (χ0n) is 16.8. The minimum absolute atomic E-state index is 0.0404. The molecule has 0 bridgehead atoms. The molecule has 2 aromatic rings. The van der Waals surface area contributed by atoms with Crippen LogP contribution in [0.2, 0.25) is 0 Å². The van der Waals surface area contributed by atoms with Gasteiger partial charge in [-0.15, -0.1) is 0 Å². The van der Waals surface area contributed by atoms with Crippen molar-refractivity contribution in [1.29, 1.82) is 0 Å². The predicted octanol–water partition coefficient (Wildman–Crippen LogP) is 3.29. The van der Waals surface area contributed by atoms with Crippen molar-refractivity contribution in [3.63, 3.8) is 0 Å². The number of fused-ring (bicyclic) bond motifs is 1. The lowest BCUT2D eigenvalue weighted by molar-refractivity contribution is -0.117. The topological polar surface area (TPSA) is 119 Å². The average molecular weight is 406 g/mol. The molecule has 1 aliphatic heterocycles. The van der Waals surface area contributed by atoms with Gasteiger partial charge in [-0.25, -0.2) is 4.79 Å². The number of amides is 4. The first-order valence-corrected chi connectivity index (χ1v) is 10.3. The molecule has 5 N–H and O–H groups in total. The third kappa shape index (κ3) is 4.01. The number of primary amides is 2. The maximum atomic E-state index is 12.3. The predicted molar refractivity (Wildman–Crippen MR) is 114 cm³/mol. The molecule has 2 aliphatic rings. The largest absolute Gasteiger partial charge is 0.366 e. The highest BCUT2D eigenvalue weighted by molar-refractivity contribution is 5.93. The van der Waals surface area contributed by atoms with Crippen LogP contribution < -0.4 is 16.8 Å². The van der Waals surface area contributed by atoms with Gasteiger partial charge in [0.2, 0.25) is 11.8 Å². The van der Waals surface area contributed by atoms with Gasteiger partial charge in [0.1, 0.15) is 0 Å². The van der Waals surface area contributed by atoms with E-state index in [1.165, 1.54) is 12.8 Å². The van der Waals surface area contributed by atoms with Crippen molar-refractivity contribution in [1.82, 2.24) is 4.90 Å². The van der Waals surface area contributed by atoms with Gasteiger partial charge in [-0.05, 0) is 59.7 Å². The van der Waals surface area contributed by atoms with Crippen molar-refractivity contribution >= 4 is 23.5 Å². The summed E-state index contributed by atoms with van der Waals surface area (Å²) in [7, 11) is 0. The fourth-order valence-electron chi connectivity index (χ4n) is 4.61. The molecular formula is C23H26N4O3. The second-order valence-electron chi connectivity index (χ2n) is 8.17. The molecule has 1 heterocycles. The van der Waals surface area contributed by atoms with E-state index in [1.54, 1.807) is 17.0 Å². The van der Waals surface area contributed by atoms with Crippen molar-refractivity contribution < 1.29 is 14.4 Å². The number of hydrogen-bond acceptors (Lipinski definition) is 3. The lowest BCUT2D eigenvalue weighted by Gasteiger charge is -2.24. The number of nitrogens with two attached hydrogens (primary N) is 2. The Hall–Kier alpha value is -3.35. The highest BCUT2D eigenvalue weighted by Crippen LogP contribution is 2.39. The fourth-order valence-corrected chi connectivity index (χ4v) is 4.61. The van der Waals surface area contributed by atoms with Gasteiger partial charge in [-0.1, -0.05) is 31.0 Å². The summed E-state index contributed by atoms with van der Waals surface area (Å²) in [6, 6.07) is 11.8. The number of rotatable bonds is 5. The number of nitrogens with zero attached hydrogens (tertiary/aromatic N) is 1. The fraction of sp³-hybridized carbons (Fsp3) is 0.348. The summed E-state index contributed by atoms with van der Waals surface area (Å²) < 4.78 is 0. The van der Waals surface area contributed by atoms with Crippen molar-refractivity contribution in [3.8, 4) is 0 Å². The Morgan fingerprint density at radius 1 is 1.00 bits per heavy atom. The first kappa shape index (κ1) is 19.9. The number of carbonyl (C=O) groups excluding carboxylic acids is 3. The van der Waals surface area contributed by atoms with Crippen molar-refractivity contribution in [3.05, 3.63) is 64.7 Å². The minimum Gasteiger partial charge on any atom is -0.366 e. The summed E-state index contributed by atoms with van der Waals surface area (Å²) >= 11 is 0. The minimum atomic E-state index is -0.536. The summed E-state index contributed by atoms with van der Waals surface area (Å²) in [4.78, 5) is 37.4. The van der Waals surface area contributed by atoms with E-state index in [9.17, 15) is 14.4 Å². The smallest absolute Gasteiger partial charge is 0.315 e. The standard InChI is InChI=1S/C23H26N4O3/c24-22(29)16-7-10-19-17(12-16)13-27(23(25)30)21(19)15-5-8-18(9-6-15)26-20(28)11-14-3-1-2-4-14/h5-10,12,14,21H,1-4,11,13H2,(H2,24,29)(H2,25,30)(H,26,28). The molecule has 0 saturated heterocycles. The van der Waals surface area contributed by atoms with Crippen LogP contribution in [0.15, 0.2) is 42.5 Å². The molecule has 4 rings (SSSR count). The van der Waals surface area contributed by atoms with Crippen LogP contribution in [-0.2, 0) is 11.3 Å². The molecule has 156 valence electrons. The summed E-state index contributed by atoms with van der Waals surface area (Å²) in [5.74, 6) is 0.0249. The van der Waals surface area contributed by atoms with Crippen LogP contribution in [0.5, 0.6) is 0 Å². The Bertz CT molecular complexity index is 980. The Kier molecular flexibility index (Phi) is 5.44. The Balaban J connectivity index is 1.53. The molecule has 7 nitrogen and oxygen atoms in total. The molecule has 1 fully saturated rings. The quantitative estimate of drug-likeness (QED) is 0.707. The molecule has 0 radical (unpaired) electrons. The van der Waals surface area contributed by atoms with Crippen LogP contribution in [0.25, 0.3) is 0 Å². The molecule has 0 aromatic heterocycles. The summed E-state index contributed by atoms with van der Waals surface area (Å²) in [6.45, 7) is 0.316. The van der Waals surface area contributed by atoms with Crippen LogP contribution in [0, 0.1) is 5.92 Å². The summed E-state index contributed by atoms with van der Waals surface area (Å²) in [5.41, 5.74) is 14.8. The molecule has 4 amide bonds. The monoisotopic (exact) mass is 406 g/mol. The van der Waals surface area contributed by atoms with E-state index in [0.717, 1.165) is 35.2 Å². The van der Waals surface area contributed by atoms with Crippen molar-refractivity contribution in [2.75, 3.05) is 5.32 Å². The van der Waals surface area contributed by atoms with Gasteiger partial charge in [0.15, 0.2) is 0 Å². The lowest BCUT2D eigenvalue weighted by atomic mass is 9.96. The molecule has 1 aliphatic carbocycles. The van der Waals surface area contributed by atoms with Crippen LogP contribution >= 0.6 is 0 Å². The molecule has 7 heteroatoms. The van der Waals surface area contributed by atoms with Crippen LogP contribution in [-0.4, -0.2) is 22.7 Å². The van der Waals surface area contributed by atoms with Gasteiger partial charge >= 0.3 is 6.03 Å². The first-order valence-electron chi connectivity index (χ1n) is 10.3. The van der Waals surface area contributed by atoms with E-state index in [0.29, 0.717) is 24.4 Å². The van der Waals surface area contributed by atoms with Crippen LogP contribution in [0.4, 0.5) is 10.5 Å². The van der Waals surface area contributed by atoms with Gasteiger partial charge in [-0.2, -0.15) is 0 Å².